The maximum atomic E-state index is 10.4. The Morgan fingerprint density at radius 1 is 1.43 bits per heavy atom. The molecular formula is C15H20N6O2. The molecule has 122 valence electrons. The van der Waals surface area contributed by atoms with Gasteiger partial charge in [-0.15, -0.1) is 5.10 Å². The van der Waals surface area contributed by atoms with E-state index in [0.29, 0.717) is 11.3 Å². The summed E-state index contributed by atoms with van der Waals surface area (Å²) in [4.78, 5) is 1.76. The molecule has 0 spiro atoms. The molecule has 8 nitrogen and oxygen atoms in total. The molecule has 0 amide bonds. The van der Waals surface area contributed by atoms with E-state index in [-0.39, 0.29) is 12.0 Å². The quantitative estimate of drug-likeness (QED) is 0.669. The van der Waals surface area contributed by atoms with Crippen LogP contribution in [0.15, 0.2) is 23.3 Å². The predicted octanol–water partition coefficient (Wildman–Crippen LogP) is 0.0558. The first-order chi connectivity index (χ1) is 10.8. The molecule has 0 aromatic heterocycles. The number of guanidine groups is 1. The fourth-order valence-electron chi connectivity index (χ4n) is 3.12. The molecule has 3 unspecified atom stereocenters. The number of rotatable bonds is 1. The van der Waals surface area contributed by atoms with Crippen LogP contribution in [0.1, 0.15) is 31.0 Å². The molecule has 5 N–H and O–H groups in total. The average molecular weight is 316 g/mol. The highest BCUT2D eigenvalue weighted by Gasteiger charge is 2.50. The van der Waals surface area contributed by atoms with Crippen molar-refractivity contribution in [2.45, 2.75) is 32.5 Å². The lowest BCUT2D eigenvalue weighted by atomic mass is 9.76. The highest BCUT2D eigenvalue weighted by molar-refractivity contribution is 5.80. The Morgan fingerprint density at radius 3 is 2.70 bits per heavy atom. The van der Waals surface area contributed by atoms with Gasteiger partial charge in [-0.3, -0.25) is 15.6 Å². The molecule has 23 heavy (non-hydrogen) atoms. The van der Waals surface area contributed by atoms with Crippen molar-refractivity contribution < 1.29 is 9.84 Å². The van der Waals surface area contributed by atoms with Crippen LogP contribution in [0.3, 0.4) is 0 Å². The van der Waals surface area contributed by atoms with Crippen molar-refractivity contribution in [2.75, 3.05) is 7.05 Å². The first kappa shape index (κ1) is 15.4. The number of aliphatic hydroxyl groups excluding tert-OH is 1. The molecule has 2 aliphatic rings. The van der Waals surface area contributed by atoms with Crippen molar-refractivity contribution in [1.82, 2.24) is 9.91 Å². The Balaban J connectivity index is 2.15. The van der Waals surface area contributed by atoms with Crippen LogP contribution in [0.5, 0.6) is 5.75 Å². The second-order valence-corrected chi connectivity index (χ2v) is 6.41. The molecule has 0 saturated carbocycles. The minimum absolute atomic E-state index is 0.280. The molecule has 8 heteroatoms. The van der Waals surface area contributed by atoms with E-state index >= 15 is 0 Å². The summed E-state index contributed by atoms with van der Waals surface area (Å²) < 4.78 is 5.62. The van der Waals surface area contributed by atoms with Gasteiger partial charge in [0.05, 0.1) is 23.1 Å². The molecule has 1 aromatic rings. The minimum atomic E-state index is -1.07. The van der Waals surface area contributed by atoms with Gasteiger partial charge in [0.1, 0.15) is 5.75 Å². The summed E-state index contributed by atoms with van der Waals surface area (Å²) in [6, 6.07) is 6.85. The number of benzene rings is 1. The van der Waals surface area contributed by atoms with Gasteiger partial charge in [0.25, 0.3) is 0 Å². The predicted molar refractivity (Wildman–Crippen MR) is 83.5 cm³/mol. The lowest BCUT2D eigenvalue weighted by Crippen LogP contribution is -2.58. The van der Waals surface area contributed by atoms with Crippen LogP contribution in [-0.2, 0) is 0 Å². The summed E-state index contributed by atoms with van der Waals surface area (Å²) in [5.41, 5.74) is 12.8. The Kier molecular flexibility index (Phi) is 3.35. The zero-order valence-electron chi connectivity index (χ0n) is 13.3. The van der Waals surface area contributed by atoms with Gasteiger partial charge in [-0.05, 0) is 12.1 Å². The molecular weight excluding hydrogens is 296 g/mol. The first-order valence-electron chi connectivity index (χ1n) is 7.27. The van der Waals surface area contributed by atoms with Crippen molar-refractivity contribution in [3.8, 4) is 11.8 Å². The average Bonchev–Trinajstić information content (AvgIpc) is 2.74. The SMILES string of the molecule is CN1N=C(N)N(C2c3ccc(C#N)cc3OC(O)C2(C)C)C1N. The minimum Gasteiger partial charge on any atom is -0.464 e. The summed E-state index contributed by atoms with van der Waals surface area (Å²) in [5, 5.41) is 25.3. The van der Waals surface area contributed by atoms with Crippen molar-refractivity contribution in [3.63, 3.8) is 0 Å². The van der Waals surface area contributed by atoms with Gasteiger partial charge in [0.2, 0.25) is 12.2 Å². The second-order valence-electron chi connectivity index (χ2n) is 6.41. The van der Waals surface area contributed by atoms with Gasteiger partial charge in [0.15, 0.2) is 6.29 Å². The summed E-state index contributed by atoms with van der Waals surface area (Å²) in [7, 11) is 1.74. The Labute approximate surface area is 134 Å². The molecule has 0 radical (unpaired) electrons. The smallest absolute Gasteiger partial charge is 0.217 e. The molecule has 1 aromatic carbocycles. The van der Waals surface area contributed by atoms with Crippen molar-refractivity contribution in [1.29, 1.82) is 5.26 Å². The van der Waals surface area contributed by atoms with E-state index in [9.17, 15) is 5.11 Å². The summed E-state index contributed by atoms with van der Waals surface area (Å²) in [5.74, 6) is 0.734. The molecule has 2 heterocycles. The Hall–Kier alpha value is -2.50. The first-order valence-corrected chi connectivity index (χ1v) is 7.27. The number of nitrogens with zero attached hydrogens (tertiary/aromatic N) is 4. The largest absolute Gasteiger partial charge is 0.464 e. The van der Waals surface area contributed by atoms with Gasteiger partial charge < -0.3 is 15.6 Å². The third-order valence-electron chi connectivity index (χ3n) is 4.49. The topological polar surface area (TPSA) is 124 Å². The lowest BCUT2D eigenvalue weighted by Gasteiger charge is -2.48. The maximum absolute atomic E-state index is 10.4. The summed E-state index contributed by atoms with van der Waals surface area (Å²) >= 11 is 0. The van der Waals surface area contributed by atoms with E-state index in [1.165, 1.54) is 0 Å². The standard InChI is InChI=1S/C15H20N6O2/c1-15(2)11(21-13(17)19-20(3)14(21)18)9-5-4-8(7-16)6-10(9)23-12(15)22/h4-6,11-12,14,22H,18H2,1-3H3,(H2,17,19). The number of hydrazone groups is 1. The normalized spacial score (nSPS) is 28.7. The zero-order valence-corrected chi connectivity index (χ0v) is 13.3. The molecule has 0 fully saturated rings. The maximum Gasteiger partial charge on any atom is 0.217 e. The van der Waals surface area contributed by atoms with Crippen LogP contribution >= 0.6 is 0 Å². The van der Waals surface area contributed by atoms with E-state index in [2.05, 4.69) is 11.2 Å². The molecule has 3 atom stereocenters. The molecule has 0 saturated heterocycles. The number of hydrogen-bond acceptors (Lipinski definition) is 8. The van der Waals surface area contributed by atoms with Crippen LogP contribution in [0.2, 0.25) is 0 Å². The third-order valence-corrected chi connectivity index (χ3v) is 4.49. The molecule has 0 aliphatic carbocycles. The molecule has 2 aliphatic heterocycles. The lowest BCUT2D eigenvalue weighted by molar-refractivity contribution is -0.147. The number of aliphatic hydroxyl groups is 1. The number of ether oxygens (including phenoxy) is 1. The van der Waals surface area contributed by atoms with Gasteiger partial charge in [-0.2, -0.15) is 5.26 Å². The zero-order chi connectivity index (χ0) is 16.9. The Morgan fingerprint density at radius 2 is 2.13 bits per heavy atom. The van der Waals surface area contributed by atoms with Crippen LogP contribution in [0, 0.1) is 16.7 Å². The number of nitrogens with two attached hydrogens (primary N) is 2. The van der Waals surface area contributed by atoms with Crippen molar-refractivity contribution >= 4 is 5.96 Å². The molecule has 0 bridgehead atoms. The van der Waals surface area contributed by atoms with Gasteiger partial charge in [-0.25, -0.2) is 0 Å². The number of hydrogen-bond donors (Lipinski definition) is 3. The highest BCUT2D eigenvalue weighted by atomic mass is 16.6. The van der Waals surface area contributed by atoms with Crippen molar-refractivity contribution in [3.05, 3.63) is 29.3 Å². The second kappa shape index (κ2) is 5.01. The van der Waals surface area contributed by atoms with E-state index < -0.39 is 18.0 Å². The fourth-order valence-corrected chi connectivity index (χ4v) is 3.12. The van der Waals surface area contributed by atoms with Crippen LogP contribution in [-0.4, -0.2) is 40.6 Å². The van der Waals surface area contributed by atoms with Gasteiger partial charge >= 0.3 is 0 Å². The van der Waals surface area contributed by atoms with E-state index in [0.717, 1.165) is 5.56 Å². The third kappa shape index (κ3) is 2.17. The fraction of sp³-hybridized carbons (Fsp3) is 0.467. The van der Waals surface area contributed by atoms with E-state index in [4.69, 9.17) is 21.5 Å². The van der Waals surface area contributed by atoms with Crippen LogP contribution in [0.4, 0.5) is 0 Å². The Bertz CT molecular complexity index is 710. The molecule has 3 rings (SSSR count). The van der Waals surface area contributed by atoms with Crippen LogP contribution in [0.25, 0.3) is 0 Å². The summed E-state index contributed by atoms with van der Waals surface area (Å²) in [6.07, 6.45) is -1.62. The number of nitriles is 1. The van der Waals surface area contributed by atoms with E-state index in [1.807, 2.05) is 19.9 Å². The van der Waals surface area contributed by atoms with E-state index in [1.54, 1.807) is 29.1 Å². The van der Waals surface area contributed by atoms with Crippen LogP contribution < -0.4 is 16.2 Å². The number of fused-ring (bicyclic) bond motifs is 1. The van der Waals surface area contributed by atoms with Gasteiger partial charge in [-0.1, -0.05) is 19.9 Å². The highest BCUT2D eigenvalue weighted by Crippen LogP contribution is 2.50. The monoisotopic (exact) mass is 316 g/mol. The van der Waals surface area contributed by atoms with Gasteiger partial charge in [0, 0.05) is 12.6 Å². The van der Waals surface area contributed by atoms with Crippen molar-refractivity contribution in [2.24, 2.45) is 22.0 Å². The summed E-state index contributed by atoms with van der Waals surface area (Å²) in [6.45, 7) is 3.75.